The molecule has 0 aliphatic carbocycles. The highest BCUT2D eigenvalue weighted by Crippen LogP contribution is 2.36. The van der Waals surface area contributed by atoms with Crippen molar-refractivity contribution in [1.82, 2.24) is 9.80 Å². The zero-order valence-electron chi connectivity index (χ0n) is 19.1. The minimum atomic E-state index is -0.367. The molecule has 8 nitrogen and oxygen atoms in total. The average Bonchev–Trinajstić information content (AvgIpc) is 3.09. The molecule has 8 heteroatoms. The molecular formula is C25H28N4O4. The first kappa shape index (κ1) is 22.5. The quantitative estimate of drug-likeness (QED) is 0.684. The number of methoxy groups -OCH3 is 1. The Morgan fingerprint density at radius 1 is 1.00 bits per heavy atom. The molecule has 2 aliphatic rings. The molecule has 0 radical (unpaired) electrons. The Morgan fingerprint density at radius 2 is 1.70 bits per heavy atom. The summed E-state index contributed by atoms with van der Waals surface area (Å²) in [7, 11) is 1.55. The molecule has 2 aromatic rings. The van der Waals surface area contributed by atoms with Gasteiger partial charge in [0.25, 0.3) is 11.8 Å². The van der Waals surface area contributed by atoms with Crippen molar-refractivity contribution in [1.29, 1.82) is 0 Å². The number of likely N-dealkylation sites (N-methyl/N-ethyl adjacent to an activating group) is 1. The smallest absolute Gasteiger partial charge is 0.282 e. The molecule has 1 saturated heterocycles. The summed E-state index contributed by atoms with van der Waals surface area (Å²) in [5.74, 6) is -0.306. The molecule has 0 aromatic heterocycles. The van der Waals surface area contributed by atoms with Crippen molar-refractivity contribution in [3.8, 4) is 5.75 Å². The maximum absolute atomic E-state index is 13.7. The highest BCUT2D eigenvalue weighted by Gasteiger charge is 2.43. The molecule has 2 aromatic carbocycles. The largest absolute Gasteiger partial charge is 0.497 e. The van der Waals surface area contributed by atoms with Gasteiger partial charge in [0.1, 0.15) is 11.4 Å². The summed E-state index contributed by atoms with van der Waals surface area (Å²) in [6.45, 7) is 7.50. The van der Waals surface area contributed by atoms with Gasteiger partial charge in [0.15, 0.2) is 0 Å². The highest BCUT2D eigenvalue weighted by molar-refractivity contribution is 6.45. The van der Waals surface area contributed by atoms with Crippen molar-refractivity contribution < 1.29 is 19.1 Å². The van der Waals surface area contributed by atoms with Crippen LogP contribution >= 0.6 is 0 Å². The monoisotopic (exact) mass is 448 g/mol. The van der Waals surface area contributed by atoms with Gasteiger partial charge in [-0.2, -0.15) is 0 Å². The molecule has 1 fully saturated rings. The number of hydrogen-bond donors (Lipinski definition) is 1. The summed E-state index contributed by atoms with van der Waals surface area (Å²) in [5, 5.41) is 2.73. The van der Waals surface area contributed by atoms with Gasteiger partial charge in [0.05, 0.1) is 18.4 Å². The zero-order chi connectivity index (χ0) is 23.5. The number of hydrogen-bond acceptors (Lipinski definition) is 6. The molecule has 3 amide bonds. The Bertz CT molecular complexity index is 1100. The fourth-order valence-corrected chi connectivity index (χ4v) is 4.27. The Hall–Kier alpha value is -3.65. The van der Waals surface area contributed by atoms with E-state index in [1.54, 1.807) is 55.6 Å². The van der Waals surface area contributed by atoms with Gasteiger partial charge in [0, 0.05) is 44.9 Å². The lowest BCUT2D eigenvalue weighted by molar-refractivity contribution is -0.121. The first-order valence-corrected chi connectivity index (χ1v) is 11.1. The predicted octanol–water partition coefficient (Wildman–Crippen LogP) is 2.58. The third kappa shape index (κ3) is 4.47. The van der Waals surface area contributed by atoms with E-state index in [-0.39, 0.29) is 17.7 Å². The van der Waals surface area contributed by atoms with E-state index in [9.17, 15) is 14.4 Å². The van der Waals surface area contributed by atoms with E-state index in [4.69, 9.17) is 4.74 Å². The summed E-state index contributed by atoms with van der Waals surface area (Å²) >= 11 is 0. The summed E-state index contributed by atoms with van der Waals surface area (Å²) in [6.07, 6.45) is 0. The van der Waals surface area contributed by atoms with E-state index >= 15 is 0 Å². The summed E-state index contributed by atoms with van der Waals surface area (Å²) in [6, 6.07) is 14.0. The SMILES string of the molecule is CCN1CCN(C2=C(c3ccc(NC(C)=O)cc3)C(=O)N(c3cccc(OC)c3)C2=O)CC1. The van der Waals surface area contributed by atoms with Gasteiger partial charge in [-0.05, 0) is 36.4 Å². The second kappa shape index (κ2) is 9.46. The first-order chi connectivity index (χ1) is 15.9. The second-order valence-corrected chi connectivity index (χ2v) is 8.05. The van der Waals surface area contributed by atoms with Crippen molar-refractivity contribution >= 4 is 34.7 Å². The molecule has 172 valence electrons. The van der Waals surface area contributed by atoms with E-state index in [1.807, 2.05) is 4.90 Å². The van der Waals surface area contributed by atoms with Gasteiger partial charge in [0.2, 0.25) is 5.91 Å². The number of nitrogens with zero attached hydrogens (tertiary/aromatic N) is 3. The number of ether oxygens (including phenoxy) is 1. The molecule has 1 N–H and O–H groups in total. The lowest BCUT2D eigenvalue weighted by Crippen LogP contribution is -2.47. The predicted molar refractivity (Wildman–Crippen MR) is 127 cm³/mol. The van der Waals surface area contributed by atoms with Crippen LogP contribution in [0.3, 0.4) is 0 Å². The summed E-state index contributed by atoms with van der Waals surface area (Å²) in [5.41, 5.74) is 2.54. The average molecular weight is 449 g/mol. The normalized spacial score (nSPS) is 17.1. The Labute approximate surface area is 193 Å². The Morgan fingerprint density at radius 3 is 2.30 bits per heavy atom. The fraction of sp³-hybridized carbons (Fsp3) is 0.320. The molecule has 0 atom stereocenters. The maximum Gasteiger partial charge on any atom is 0.282 e. The van der Waals surface area contributed by atoms with Crippen LogP contribution in [-0.4, -0.2) is 67.4 Å². The molecule has 0 bridgehead atoms. The van der Waals surface area contributed by atoms with Crippen LogP contribution in [0.4, 0.5) is 11.4 Å². The Balaban J connectivity index is 1.75. The van der Waals surface area contributed by atoms with Crippen LogP contribution in [0.1, 0.15) is 19.4 Å². The van der Waals surface area contributed by atoms with Gasteiger partial charge in [-0.1, -0.05) is 25.1 Å². The van der Waals surface area contributed by atoms with E-state index in [1.165, 1.54) is 11.8 Å². The van der Waals surface area contributed by atoms with Gasteiger partial charge in [-0.3, -0.25) is 14.4 Å². The van der Waals surface area contributed by atoms with Crippen molar-refractivity contribution in [2.24, 2.45) is 0 Å². The topological polar surface area (TPSA) is 82.2 Å². The number of nitrogens with one attached hydrogen (secondary N) is 1. The Kier molecular flexibility index (Phi) is 6.46. The van der Waals surface area contributed by atoms with E-state index in [0.29, 0.717) is 47.0 Å². The minimum Gasteiger partial charge on any atom is -0.497 e. The van der Waals surface area contributed by atoms with Crippen LogP contribution in [-0.2, 0) is 14.4 Å². The van der Waals surface area contributed by atoms with Crippen molar-refractivity contribution in [3.05, 3.63) is 59.8 Å². The molecule has 4 rings (SSSR count). The number of imide groups is 1. The number of piperazine rings is 1. The van der Waals surface area contributed by atoms with E-state index in [0.717, 1.165) is 19.6 Å². The number of carbonyl (C=O) groups is 3. The zero-order valence-corrected chi connectivity index (χ0v) is 19.1. The fourth-order valence-electron chi connectivity index (χ4n) is 4.27. The molecule has 33 heavy (non-hydrogen) atoms. The van der Waals surface area contributed by atoms with Crippen molar-refractivity contribution in [2.45, 2.75) is 13.8 Å². The van der Waals surface area contributed by atoms with Crippen LogP contribution in [0.15, 0.2) is 54.2 Å². The minimum absolute atomic E-state index is 0.173. The standard InChI is InChI=1S/C25H28N4O4/c1-4-27-12-14-28(15-13-27)23-22(18-8-10-19(11-9-18)26-17(2)30)24(31)29(25(23)32)20-6-5-7-21(16-20)33-3/h5-11,16H,4,12-15H2,1-3H3,(H,26,30). The van der Waals surface area contributed by atoms with Crippen LogP contribution in [0.5, 0.6) is 5.75 Å². The molecule has 0 saturated carbocycles. The van der Waals surface area contributed by atoms with Crippen LogP contribution in [0.2, 0.25) is 0 Å². The molecule has 0 unspecified atom stereocenters. The van der Waals surface area contributed by atoms with Gasteiger partial charge >= 0.3 is 0 Å². The lowest BCUT2D eigenvalue weighted by Gasteiger charge is -2.36. The number of rotatable bonds is 6. The molecule has 0 spiro atoms. The van der Waals surface area contributed by atoms with Gasteiger partial charge in [-0.25, -0.2) is 4.90 Å². The van der Waals surface area contributed by atoms with Crippen LogP contribution < -0.4 is 15.0 Å². The van der Waals surface area contributed by atoms with Crippen LogP contribution in [0.25, 0.3) is 5.57 Å². The molecule has 2 heterocycles. The second-order valence-electron chi connectivity index (χ2n) is 8.05. The number of benzene rings is 2. The third-order valence-corrected chi connectivity index (χ3v) is 6.00. The summed E-state index contributed by atoms with van der Waals surface area (Å²) in [4.78, 5) is 44.2. The number of amides is 3. The van der Waals surface area contributed by atoms with E-state index < -0.39 is 0 Å². The third-order valence-electron chi connectivity index (χ3n) is 6.00. The first-order valence-electron chi connectivity index (χ1n) is 11.1. The number of anilines is 2. The lowest BCUT2D eigenvalue weighted by atomic mass is 10.0. The highest BCUT2D eigenvalue weighted by atomic mass is 16.5. The van der Waals surface area contributed by atoms with Crippen molar-refractivity contribution in [2.75, 3.05) is 50.1 Å². The van der Waals surface area contributed by atoms with Gasteiger partial charge in [-0.15, -0.1) is 0 Å². The van der Waals surface area contributed by atoms with Crippen molar-refractivity contribution in [3.63, 3.8) is 0 Å². The number of carbonyl (C=O) groups excluding carboxylic acids is 3. The maximum atomic E-state index is 13.7. The molecule has 2 aliphatic heterocycles. The van der Waals surface area contributed by atoms with Crippen LogP contribution in [0, 0.1) is 0 Å². The van der Waals surface area contributed by atoms with Gasteiger partial charge < -0.3 is 19.9 Å². The van der Waals surface area contributed by atoms with E-state index in [2.05, 4.69) is 17.1 Å². The summed E-state index contributed by atoms with van der Waals surface area (Å²) < 4.78 is 5.30. The molecular weight excluding hydrogens is 420 g/mol.